The maximum atomic E-state index is 9.64. The number of rotatable bonds is 2. The number of guanidine groups is 1. The topological polar surface area (TPSA) is 91.3 Å². The molecule has 0 saturated heterocycles. The highest BCUT2D eigenvalue weighted by molar-refractivity contribution is 5.80. The lowest BCUT2D eigenvalue weighted by Gasteiger charge is -1.89. The van der Waals surface area contributed by atoms with Crippen molar-refractivity contribution in [2.75, 3.05) is 6.54 Å². The summed E-state index contributed by atoms with van der Waals surface area (Å²) in [4.78, 5) is 13.1. The molecule has 5 nitrogen and oxygen atoms in total. The van der Waals surface area contributed by atoms with Gasteiger partial charge < -0.3 is 10.5 Å². The lowest BCUT2D eigenvalue weighted by atomic mass is 10.7. The zero-order valence-corrected chi connectivity index (χ0v) is 4.66. The Morgan fingerprint density at radius 1 is 2.00 bits per heavy atom. The highest BCUT2D eigenvalue weighted by Gasteiger charge is 1.83. The van der Waals surface area contributed by atoms with Crippen LogP contribution >= 0.6 is 0 Å². The maximum Gasteiger partial charge on any atom is 0.202 e. The quantitative estimate of drug-likeness (QED) is 0.156. The molecule has 0 bridgehead atoms. The molecule has 0 heterocycles. The van der Waals surface area contributed by atoms with Crippen LogP contribution in [0.4, 0.5) is 0 Å². The molecule has 0 aliphatic rings. The van der Waals surface area contributed by atoms with Crippen LogP contribution in [-0.4, -0.2) is 18.8 Å². The number of nitrogens with two attached hydrogens (primary N) is 1. The number of nitrogens with zero attached hydrogens (tertiary/aromatic N) is 2. The van der Waals surface area contributed by atoms with Gasteiger partial charge in [-0.05, 0) is 0 Å². The van der Waals surface area contributed by atoms with Crippen LogP contribution in [0.5, 0.6) is 0 Å². The minimum absolute atomic E-state index is 0.0134. The van der Waals surface area contributed by atoms with Gasteiger partial charge in [0.15, 0.2) is 6.19 Å². The average molecular weight is 126 g/mol. The van der Waals surface area contributed by atoms with Gasteiger partial charge in [-0.1, -0.05) is 0 Å². The van der Waals surface area contributed by atoms with Crippen LogP contribution in [0, 0.1) is 11.5 Å². The highest BCUT2D eigenvalue weighted by Crippen LogP contribution is 1.61. The molecule has 0 saturated carbocycles. The van der Waals surface area contributed by atoms with E-state index in [1.807, 2.05) is 0 Å². The van der Waals surface area contributed by atoms with E-state index < -0.39 is 0 Å². The van der Waals surface area contributed by atoms with Crippen LogP contribution in [0.25, 0.3) is 0 Å². The summed E-state index contributed by atoms with van der Waals surface area (Å²) in [7, 11) is 0. The van der Waals surface area contributed by atoms with Gasteiger partial charge in [-0.2, -0.15) is 5.26 Å². The van der Waals surface area contributed by atoms with E-state index in [2.05, 4.69) is 10.3 Å². The predicted molar refractivity (Wildman–Crippen MR) is 31.3 cm³/mol. The fraction of sp³-hybridized carbons (Fsp3) is 0.250. The summed E-state index contributed by atoms with van der Waals surface area (Å²) in [6.45, 7) is -0.0134. The summed E-state index contributed by atoms with van der Waals surface area (Å²) in [6, 6.07) is 0. The van der Waals surface area contributed by atoms with Crippen molar-refractivity contribution < 1.29 is 4.79 Å². The highest BCUT2D eigenvalue weighted by atomic mass is 16.1. The number of carbonyl (C=O) groups excluding carboxylic acids is 1. The molecule has 9 heavy (non-hydrogen) atoms. The molecule has 0 spiro atoms. The Kier molecular flexibility index (Phi) is 3.79. The normalized spacial score (nSPS) is 9.89. The molecule has 0 aromatic rings. The molecule has 5 heteroatoms. The Morgan fingerprint density at radius 3 is 3.11 bits per heavy atom. The smallest absolute Gasteiger partial charge is 0.202 e. The lowest BCUT2D eigenvalue weighted by molar-refractivity contribution is -0.106. The van der Waals surface area contributed by atoms with Crippen molar-refractivity contribution >= 4 is 12.2 Å². The van der Waals surface area contributed by atoms with Gasteiger partial charge in [-0.15, -0.1) is 0 Å². The molecule has 0 amide bonds. The monoisotopic (exact) mass is 126 g/mol. The van der Waals surface area contributed by atoms with E-state index in [0.717, 1.165) is 0 Å². The van der Waals surface area contributed by atoms with E-state index in [-0.39, 0.29) is 12.5 Å². The van der Waals surface area contributed by atoms with Gasteiger partial charge in [-0.3, -0.25) is 5.32 Å². The van der Waals surface area contributed by atoms with Gasteiger partial charge in [0.05, 0.1) is 6.54 Å². The van der Waals surface area contributed by atoms with Gasteiger partial charge in [0.2, 0.25) is 5.96 Å². The van der Waals surface area contributed by atoms with Crippen molar-refractivity contribution in [1.29, 1.82) is 5.26 Å². The third-order valence-electron chi connectivity index (χ3n) is 0.520. The van der Waals surface area contributed by atoms with Gasteiger partial charge >= 0.3 is 0 Å². The number of hydrogen-bond acceptors (Lipinski definition) is 3. The maximum absolute atomic E-state index is 9.64. The fourth-order valence-corrected chi connectivity index (χ4v) is 0.232. The molecule has 0 aliphatic heterocycles. The van der Waals surface area contributed by atoms with E-state index >= 15 is 0 Å². The van der Waals surface area contributed by atoms with Crippen LogP contribution in [0.15, 0.2) is 4.99 Å². The van der Waals surface area contributed by atoms with Crippen molar-refractivity contribution in [3.63, 3.8) is 0 Å². The molecule has 0 fully saturated rings. The third kappa shape index (κ3) is 4.28. The molecule has 0 aromatic carbocycles. The largest absolute Gasteiger partial charge is 0.369 e. The second-order valence-corrected chi connectivity index (χ2v) is 1.13. The van der Waals surface area contributed by atoms with Crippen molar-refractivity contribution in [2.24, 2.45) is 10.7 Å². The molecular weight excluding hydrogens is 120 g/mol. The Balaban J connectivity index is 3.58. The molecule has 0 aromatic heterocycles. The summed E-state index contributed by atoms with van der Waals surface area (Å²) in [5, 5.41) is 9.98. The first kappa shape index (κ1) is 7.43. The van der Waals surface area contributed by atoms with Gasteiger partial charge in [0.1, 0.15) is 6.29 Å². The number of nitriles is 1. The Hall–Kier alpha value is -1.57. The van der Waals surface area contributed by atoms with E-state index in [9.17, 15) is 4.79 Å². The minimum Gasteiger partial charge on any atom is -0.369 e. The van der Waals surface area contributed by atoms with E-state index in [4.69, 9.17) is 11.0 Å². The van der Waals surface area contributed by atoms with Crippen LogP contribution in [-0.2, 0) is 4.79 Å². The van der Waals surface area contributed by atoms with Gasteiger partial charge in [-0.25, -0.2) is 4.99 Å². The van der Waals surface area contributed by atoms with Crippen molar-refractivity contribution in [3.05, 3.63) is 0 Å². The first-order chi connectivity index (χ1) is 4.31. The predicted octanol–water partition coefficient (Wildman–Crippen LogP) is -1.43. The van der Waals surface area contributed by atoms with Crippen LogP contribution in [0.2, 0.25) is 0 Å². The van der Waals surface area contributed by atoms with Crippen LogP contribution in [0.3, 0.4) is 0 Å². The minimum atomic E-state index is -0.0374. The van der Waals surface area contributed by atoms with Crippen molar-refractivity contribution in [1.82, 2.24) is 5.32 Å². The number of carbonyl (C=O) groups is 1. The summed E-state index contributed by atoms with van der Waals surface area (Å²) < 4.78 is 0. The van der Waals surface area contributed by atoms with E-state index in [1.165, 1.54) is 0 Å². The summed E-state index contributed by atoms with van der Waals surface area (Å²) >= 11 is 0. The van der Waals surface area contributed by atoms with Crippen molar-refractivity contribution in [3.8, 4) is 6.19 Å². The number of hydrogen-bond donors (Lipinski definition) is 2. The second-order valence-electron chi connectivity index (χ2n) is 1.13. The molecular formula is C4H6N4O. The molecule has 0 atom stereocenters. The molecule has 0 radical (unpaired) electrons. The van der Waals surface area contributed by atoms with Crippen molar-refractivity contribution in [2.45, 2.75) is 0 Å². The summed E-state index contributed by atoms with van der Waals surface area (Å²) in [5.74, 6) is -0.0374. The Bertz CT molecular complexity index is 156. The molecule has 0 aliphatic carbocycles. The Morgan fingerprint density at radius 2 is 2.67 bits per heavy atom. The average Bonchev–Trinajstić information content (AvgIpc) is 1.85. The molecule has 0 rings (SSSR count). The summed E-state index contributed by atoms with van der Waals surface area (Å²) in [6.07, 6.45) is 2.14. The first-order valence-electron chi connectivity index (χ1n) is 2.20. The number of aliphatic imine (C=N–C) groups is 1. The van der Waals surface area contributed by atoms with E-state index in [0.29, 0.717) is 6.29 Å². The summed E-state index contributed by atoms with van der Waals surface area (Å²) in [5.41, 5.74) is 5.03. The molecule has 3 N–H and O–H groups in total. The van der Waals surface area contributed by atoms with E-state index in [1.54, 1.807) is 6.19 Å². The third-order valence-corrected chi connectivity index (χ3v) is 0.520. The molecule has 0 unspecified atom stereocenters. The van der Waals surface area contributed by atoms with Gasteiger partial charge in [0, 0.05) is 0 Å². The van der Waals surface area contributed by atoms with Gasteiger partial charge in [0.25, 0.3) is 0 Å². The zero-order valence-electron chi connectivity index (χ0n) is 4.66. The molecule has 48 valence electrons. The Labute approximate surface area is 52.2 Å². The SMILES string of the molecule is N#CNC(N)=NCC=O. The second kappa shape index (κ2) is 4.59. The van der Waals surface area contributed by atoms with Crippen LogP contribution in [0.1, 0.15) is 0 Å². The lowest BCUT2D eigenvalue weighted by Crippen LogP contribution is -2.27. The first-order valence-corrected chi connectivity index (χ1v) is 2.20. The zero-order chi connectivity index (χ0) is 7.11. The van der Waals surface area contributed by atoms with Crippen LogP contribution < -0.4 is 11.1 Å². The fourth-order valence-electron chi connectivity index (χ4n) is 0.232. The number of aldehydes is 1. The number of nitrogens with one attached hydrogen (secondary N) is 1. The standard InChI is InChI=1S/C4H6N4O/c5-3-8-4(6)7-1-2-9/h2H,1H2,(H3,6,7,8).